The van der Waals surface area contributed by atoms with Gasteiger partial charge < -0.3 is 5.11 Å². The average molecular weight is 204 g/mol. The molecule has 0 saturated heterocycles. The number of carbonyl (C=O) groups excluding carboxylic acids is 1. The van der Waals surface area contributed by atoms with Crippen LogP contribution in [0, 0.1) is 0 Å². The summed E-state index contributed by atoms with van der Waals surface area (Å²) in [5.41, 5.74) is 7.32. The fourth-order valence-corrected chi connectivity index (χ4v) is 1.23. The van der Waals surface area contributed by atoms with Crippen molar-refractivity contribution in [2.24, 2.45) is 0 Å². The van der Waals surface area contributed by atoms with Gasteiger partial charge in [0, 0.05) is 5.57 Å². The Morgan fingerprint density at radius 2 is 1.73 bits per heavy atom. The van der Waals surface area contributed by atoms with Crippen LogP contribution in [0.4, 0.5) is 0 Å². The molecule has 1 aromatic carbocycles. The van der Waals surface area contributed by atoms with Gasteiger partial charge in [-0.05, 0) is 12.5 Å². The lowest BCUT2D eigenvalue weighted by molar-refractivity contribution is -0.132. The van der Waals surface area contributed by atoms with Gasteiger partial charge in [0.05, 0.1) is 5.57 Å². The summed E-state index contributed by atoms with van der Waals surface area (Å²) < 4.78 is 0. The van der Waals surface area contributed by atoms with E-state index in [0.29, 0.717) is 5.56 Å². The highest BCUT2D eigenvalue weighted by molar-refractivity contribution is 6.23. The lowest BCUT2D eigenvalue weighted by atomic mass is 10.0. The standard InChI is InChI=1S/C11H10NO3/c1-7(11(14)15)9(10(12)13)8-5-3-2-4-6-8/h2-6,12H,1H3,(H,14,15)/b9-7-. The number of hydrogen-bond donors (Lipinski definition) is 1. The van der Waals surface area contributed by atoms with E-state index in [1.165, 1.54) is 6.92 Å². The largest absolute Gasteiger partial charge is 0.478 e. The molecule has 0 aliphatic heterocycles. The molecule has 4 heteroatoms. The second kappa shape index (κ2) is 4.41. The van der Waals surface area contributed by atoms with Gasteiger partial charge in [-0.25, -0.2) is 4.79 Å². The highest BCUT2D eigenvalue weighted by Gasteiger charge is 2.16. The van der Waals surface area contributed by atoms with Crippen LogP contribution in [0.1, 0.15) is 12.5 Å². The van der Waals surface area contributed by atoms with Crippen molar-refractivity contribution in [1.29, 1.82) is 0 Å². The summed E-state index contributed by atoms with van der Waals surface area (Å²) in [6, 6.07) is 8.34. The van der Waals surface area contributed by atoms with Crippen molar-refractivity contribution in [2.45, 2.75) is 6.92 Å². The lowest BCUT2D eigenvalue weighted by Gasteiger charge is -2.05. The first-order valence-corrected chi connectivity index (χ1v) is 4.29. The van der Waals surface area contributed by atoms with E-state index >= 15 is 0 Å². The van der Waals surface area contributed by atoms with Crippen LogP contribution < -0.4 is 5.73 Å². The van der Waals surface area contributed by atoms with E-state index in [9.17, 15) is 9.59 Å². The first-order valence-electron chi connectivity index (χ1n) is 4.29. The third kappa shape index (κ3) is 2.43. The number of amides is 1. The second-order valence-electron chi connectivity index (χ2n) is 3.00. The summed E-state index contributed by atoms with van der Waals surface area (Å²) in [5, 5.41) is 8.77. The minimum atomic E-state index is -1.19. The fraction of sp³-hybridized carbons (Fsp3) is 0.0909. The molecule has 1 rings (SSSR count). The van der Waals surface area contributed by atoms with Crippen LogP contribution in [0.2, 0.25) is 0 Å². The van der Waals surface area contributed by atoms with Gasteiger partial charge in [-0.15, -0.1) is 0 Å². The van der Waals surface area contributed by atoms with E-state index in [2.05, 4.69) is 0 Å². The Balaban J connectivity index is 3.34. The number of carboxylic acids is 1. The van der Waals surface area contributed by atoms with Crippen LogP contribution in [0.15, 0.2) is 35.9 Å². The number of hydrogen-bond acceptors (Lipinski definition) is 2. The number of rotatable bonds is 3. The molecule has 0 spiro atoms. The van der Waals surface area contributed by atoms with E-state index in [1.807, 2.05) is 0 Å². The quantitative estimate of drug-likeness (QED) is 0.755. The SMILES string of the molecule is C/C(C(=O)O)=C(/C([NH])=O)c1ccccc1. The molecule has 0 bridgehead atoms. The van der Waals surface area contributed by atoms with Gasteiger partial charge in [0.1, 0.15) is 0 Å². The zero-order valence-electron chi connectivity index (χ0n) is 8.15. The average Bonchev–Trinajstić information content (AvgIpc) is 2.18. The molecular weight excluding hydrogens is 194 g/mol. The van der Waals surface area contributed by atoms with Crippen LogP contribution in [0.25, 0.3) is 5.57 Å². The highest BCUT2D eigenvalue weighted by atomic mass is 16.4. The maximum Gasteiger partial charge on any atom is 0.332 e. The Kier molecular flexibility index (Phi) is 3.23. The highest BCUT2D eigenvalue weighted by Crippen LogP contribution is 2.18. The zero-order chi connectivity index (χ0) is 11.4. The topological polar surface area (TPSA) is 78.2 Å². The number of aliphatic carboxylic acids is 1. The van der Waals surface area contributed by atoms with Gasteiger partial charge in [-0.1, -0.05) is 30.3 Å². The van der Waals surface area contributed by atoms with E-state index < -0.39 is 11.9 Å². The minimum Gasteiger partial charge on any atom is -0.478 e. The molecule has 0 fully saturated rings. The molecule has 1 aromatic rings. The number of benzene rings is 1. The van der Waals surface area contributed by atoms with Gasteiger partial charge in [-0.3, -0.25) is 10.5 Å². The Morgan fingerprint density at radius 3 is 2.13 bits per heavy atom. The Labute approximate surface area is 87.0 Å². The van der Waals surface area contributed by atoms with Crippen molar-refractivity contribution in [3.63, 3.8) is 0 Å². The van der Waals surface area contributed by atoms with E-state index in [4.69, 9.17) is 10.8 Å². The van der Waals surface area contributed by atoms with Crippen LogP contribution in [0.5, 0.6) is 0 Å². The van der Waals surface area contributed by atoms with Crippen LogP contribution in [-0.2, 0) is 9.59 Å². The number of carboxylic acid groups (broad SMARTS) is 1. The maximum atomic E-state index is 11.0. The van der Waals surface area contributed by atoms with Crippen molar-refractivity contribution in [3.05, 3.63) is 41.5 Å². The van der Waals surface area contributed by atoms with Gasteiger partial charge in [0.25, 0.3) is 5.91 Å². The van der Waals surface area contributed by atoms with Crippen molar-refractivity contribution in [2.75, 3.05) is 0 Å². The summed E-state index contributed by atoms with van der Waals surface area (Å²) >= 11 is 0. The molecule has 0 aromatic heterocycles. The molecule has 0 unspecified atom stereocenters. The van der Waals surface area contributed by atoms with E-state index in [1.54, 1.807) is 30.3 Å². The Morgan fingerprint density at radius 1 is 1.20 bits per heavy atom. The molecule has 15 heavy (non-hydrogen) atoms. The molecule has 0 heterocycles. The molecule has 0 saturated carbocycles. The number of nitrogens with one attached hydrogen (secondary N) is 1. The molecule has 2 N–H and O–H groups in total. The first-order chi connectivity index (χ1) is 7.04. The number of carbonyl (C=O) groups is 2. The molecular formula is C11H10NO3. The minimum absolute atomic E-state index is 0.0666. The lowest BCUT2D eigenvalue weighted by Crippen LogP contribution is -2.09. The van der Waals surface area contributed by atoms with Gasteiger partial charge in [-0.2, -0.15) is 0 Å². The summed E-state index contributed by atoms with van der Waals surface area (Å²) in [4.78, 5) is 21.8. The molecule has 0 aliphatic carbocycles. The van der Waals surface area contributed by atoms with Gasteiger partial charge in [0.2, 0.25) is 0 Å². The summed E-state index contributed by atoms with van der Waals surface area (Å²) in [5.74, 6) is -2.17. The van der Waals surface area contributed by atoms with Gasteiger partial charge in [0.15, 0.2) is 0 Å². The monoisotopic (exact) mass is 204 g/mol. The predicted octanol–water partition coefficient (Wildman–Crippen LogP) is 1.35. The summed E-state index contributed by atoms with van der Waals surface area (Å²) in [6.45, 7) is 1.32. The molecule has 4 nitrogen and oxygen atoms in total. The van der Waals surface area contributed by atoms with E-state index in [0.717, 1.165) is 0 Å². The van der Waals surface area contributed by atoms with Crippen molar-refractivity contribution < 1.29 is 14.7 Å². The normalized spacial score (nSPS) is 11.8. The molecule has 0 aliphatic rings. The molecule has 1 amide bonds. The van der Waals surface area contributed by atoms with Crippen LogP contribution >= 0.6 is 0 Å². The van der Waals surface area contributed by atoms with Crippen molar-refractivity contribution in [1.82, 2.24) is 5.73 Å². The van der Waals surface area contributed by atoms with E-state index in [-0.39, 0.29) is 11.1 Å². The fourth-order valence-electron chi connectivity index (χ4n) is 1.23. The Bertz CT molecular complexity index is 421. The van der Waals surface area contributed by atoms with Crippen LogP contribution in [0.3, 0.4) is 0 Å². The first kappa shape index (κ1) is 11.0. The summed E-state index contributed by atoms with van der Waals surface area (Å²) in [6.07, 6.45) is 0. The zero-order valence-corrected chi connectivity index (χ0v) is 8.15. The molecule has 77 valence electrons. The second-order valence-corrected chi connectivity index (χ2v) is 3.00. The van der Waals surface area contributed by atoms with Crippen LogP contribution in [-0.4, -0.2) is 17.0 Å². The predicted molar refractivity (Wildman–Crippen MR) is 54.8 cm³/mol. The van der Waals surface area contributed by atoms with Crippen molar-refractivity contribution >= 4 is 17.4 Å². The smallest absolute Gasteiger partial charge is 0.332 e. The third-order valence-electron chi connectivity index (χ3n) is 1.99. The third-order valence-corrected chi connectivity index (χ3v) is 1.99. The van der Waals surface area contributed by atoms with Gasteiger partial charge >= 0.3 is 5.97 Å². The summed E-state index contributed by atoms with van der Waals surface area (Å²) in [7, 11) is 0. The Hall–Kier alpha value is -2.10. The van der Waals surface area contributed by atoms with Crippen molar-refractivity contribution in [3.8, 4) is 0 Å². The maximum absolute atomic E-state index is 11.0. The molecule has 0 atom stereocenters. The molecule has 1 radical (unpaired) electrons.